The predicted octanol–water partition coefficient (Wildman–Crippen LogP) is 3.48. The van der Waals surface area contributed by atoms with Crippen molar-refractivity contribution in [1.82, 2.24) is 4.90 Å². The number of para-hydroxylation sites is 1. The minimum absolute atomic E-state index is 0.0134. The quantitative estimate of drug-likeness (QED) is 0.861. The first-order valence-electron chi connectivity index (χ1n) is 7.82. The molecule has 1 N–H and O–H groups in total. The fraction of sp³-hybridized carbons (Fsp3) is 0.588. The van der Waals surface area contributed by atoms with E-state index in [-0.39, 0.29) is 11.8 Å². The Bertz CT molecular complexity index is 454. The lowest BCUT2D eigenvalue weighted by atomic mass is 9.98. The molecule has 110 valence electrons. The van der Waals surface area contributed by atoms with Crippen LogP contribution in [0.2, 0.25) is 0 Å². The lowest BCUT2D eigenvalue weighted by molar-refractivity contribution is -0.132. The summed E-state index contributed by atoms with van der Waals surface area (Å²) < 4.78 is 0. The van der Waals surface area contributed by atoms with Crippen LogP contribution in [0.5, 0.6) is 0 Å². The van der Waals surface area contributed by atoms with Gasteiger partial charge in [-0.15, -0.1) is 0 Å². The third-order valence-electron chi connectivity index (χ3n) is 4.46. The maximum atomic E-state index is 12.8. The van der Waals surface area contributed by atoms with Crippen LogP contribution in [-0.2, 0) is 4.79 Å². The summed E-state index contributed by atoms with van der Waals surface area (Å²) in [4.78, 5) is 14.8. The number of carbonyl (C=O) groups is 1. The molecular formula is C17H26N2O. The van der Waals surface area contributed by atoms with Crippen LogP contribution < -0.4 is 5.32 Å². The normalized spacial score (nSPS) is 16.9. The first kappa shape index (κ1) is 14.9. The Morgan fingerprint density at radius 3 is 2.65 bits per heavy atom. The summed E-state index contributed by atoms with van der Waals surface area (Å²) in [7, 11) is 0. The van der Waals surface area contributed by atoms with E-state index < -0.39 is 0 Å². The second kappa shape index (κ2) is 6.78. The van der Waals surface area contributed by atoms with E-state index in [1.807, 2.05) is 17.0 Å². The van der Waals surface area contributed by atoms with Crippen molar-refractivity contribution in [2.75, 3.05) is 25.0 Å². The fourth-order valence-corrected chi connectivity index (χ4v) is 2.96. The number of hydrogen-bond donors (Lipinski definition) is 1. The molecule has 1 amide bonds. The highest BCUT2D eigenvalue weighted by Crippen LogP contribution is 2.32. The number of hydrogen-bond acceptors (Lipinski definition) is 2. The third kappa shape index (κ3) is 2.97. The number of benzene rings is 1. The van der Waals surface area contributed by atoms with E-state index in [2.05, 4.69) is 38.2 Å². The lowest BCUT2D eigenvalue weighted by Gasteiger charge is -2.28. The first-order chi connectivity index (χ1) is 9.71. The maximum Gasteiger partial charge on any atom is 0.231 e. The minimum Gasteiger partial charge on any atom is -0.384 e. The number of nitrogens with zero attached hydrogens (tertiary/aromatic N) is 1. The third-order valence-corrected chi connectivity index (χ3v) is 4.46. The summed E-state index contributed by atoms with van der Waals surface area (Å²) in [5, 5.41) is 3.34. The molecule has 1 aromatic carbocycles. The van der Waals surface area contributed by atoms with Crippen LogP contribution in [0.4, 0.5) is 5.69 Å². The van der Waals surface area contributed by atoms with Crippen LogP contribution in [0.1, 0.15) is 45.1 Å². The summed E-state index contributed by atoms with van der Waals surface area (Å²) in [6.07, 6.45) is 2.28. The Hall–Kier alpha value is -1.51. The van der Waals surface area contributed by atoms with E-state index in [1.54, 1.807) is 0 Å². The lowest BCUT2D eigenvalue weighted by Crippen LogP contribution is -2.38. The van der Waals surface area contributed by atoms with Gasteiger partial charge < -0.3 is 10.2 Å². The average Bonchev–Trinajstić information content (AvgIpc) is 2.92. The molecule has 0 bridgehead atoms. The van der Waals surface area contributed by atoms with Crippen molar-refractivity contribution in [3.05, 3.63) is 29.8 Å². The Balaban J connectivity index is 2.10. The molecule has 1 aromatic rings. The van der Waals surface area contributed by atoms with Crippen molar-refractivity contribution in [2.45, 2.75) is 39.5 Å². The van der Waals surface area contributed by atoms with Gasteiger partial charge in [-0.25, -0.2) is 0 Å². The molecule has 3 nitrogen and oxygen atoms in total. The van der Waals surface area contributed by atoms with E-state index in [1.165, 1.54) is 0 Å². The van der Waals surface area contributed by atoms with Crippen molar-refractivity contribution in [1.29, 1.82) is 0 Å². The fourth-order valence-electron chi connectivity index (χ4n) is 2.96. The SMILES string of the molecule is CCC(CC)CN(CC)C(=O)C1CNc2ccccc21. The highest BCUT2D eigenvalue weighted by molar-refractivity contribution is 5.88. The molecule has 0 saturated heterocycles. The molecule has 20 heavy (non-hydrogen) atoms. The Labute approximate surface area is 122 Å². The van der Waals surface area contributed by atoms with E-state index in [0.717, 1.165) is 43.7 Å². The smallest absolute Gasteiger partial charge is 0.231 e. The Morgan fingerprint density at radius 1 is 1.30 bits per heavy atom. The van der Waals surface area contributed by atoms with Gasteiger partial charge in [0.05, 0.1) is 5.92 Å². The topological polar surface area (TPSA) is 32.3 Å². The van der Waals surface area contributed by atoms with Gasteiger partial charge in [-0.3, -0.25) is 4.79 Å². The van der Waals surface area contributed by atoms with Crippen LogP contribution in [0.3, 0.4) is 0 Å². The second-order valence-electron chi connectivity index (χ2n) is 5.58. The summed E-state index contributed by atoms with van der Waals surface area (Å²) in [5.74, 6) is 0.876. The number of carbonyl (C=O) groups excluding carboxylic acids is 1. The molecular weight excluding hydrogens is 248 g/mol. The molecule has 1 atom stereocenters. The maximum absolute atomic E-state index is 12.8. The van der Waals surface area contributed by atoms with Crippen LogP contribution in [0, 0.1) is 5.92 Å². The van der Waals surface area contributed by atoms with E-state index in [9.17, 15) is 4.79 Å². The number of rotatable bonds is 6. The average molecular weight is 274 g/mol. The largest absolute Gasteiger partial charge is 0.384 e. The van der Waals surface area contributed by atoms with Gasteiger partial charge >= 0.3 is 0 Å². The summed E-state index contributed by atoms with van der Waals surface area (Å²) in [5.41, 5.74) is 2.27. The molecule has 1 heterocycles. The van der Waals surface area contributed by atoms with Crippen molar-refractivity contribution >= 4 is 11.6 Å². The molecule has 0 aromatic heterocycles. The molecule has 1 unspecified atom stereocenters. The molecule has 2 rings (SSSR count). The van der Waals surface area contributed by atoms with Crippen molar-refractivity contribution < 1.29 is 4.79 Å². The molecule has 0 aliphatic carbocycles. The van der Waals surface area contributed by atoms with Crippen molar-refractivity contribution in [3.8, 4) is 0 Å². The molecule has 0 saturated carbocycles. The van der Waals surface area contributed by atoms with Gasteiger partial charge in [0, 0.05) is 25.3 Å². The Kier molecular flexibility index (Phi) is 5.05. The van der Waals surface area contributed by atoms with E-state index >= 15 is 0 Å². The summed E-state index contributed by atoms with van der Waals surface area (Å²) >= 11 is 0. The van der Waals surface area contributed by atoms with E-state index in [4.69, 9.17) is 0 Å². The highest BCUT2D eigenvalue weighted by Gasteiger charge is 2.31. The molecule has 1 aliphatic rings. The van der Waals surface area contributed by atoms with Crippen LogP contribution >= 0.6 is 0 Å². The van der Waals surface area contributed by atoms with Crippen LogP contribution in [0.25, 0.3) is 0 Å². The zero-order valence-corrected chi connectivity index (χ0v) is 12.9. The van der Waals surface area contributed by atoms with Crippen LogP contribution in [-0.4, -0.2) is 30.4 Å². The standard InChI is InChI=1S/C17H26N2O/c1-4-13(5-2)12-19(6-3)17(20)15-11-18-16-10-8-7-9-14(15)16/h7-10,13,15,18H,4-6,11-12H2,1-3H3. The Morgan fingerprint density at radius 2 is 2.00 bits per heavy atom. The molecule has 0 radical (unpaired) electrons. The van der Waals surface area contributed by atoms with Gasteiger partial charge in [0.25, 0.3) is 0 Å². The number of amides is 1. The van der Waals surface area contributed by atoms with Gasteiger partial charge in [-0.1, -0.05) is 44.9 Å². The first-order valence-corrected chi connectivity index (χ1v) is 7.82. The number of nitrogens with one attached hydrogen (secondary N) is 1. The number of fused-ring (bicyclic) bond motifs is 1. The molecule has 0 spiro atoms. The molecule has 1 aliphatic heterocycles. The summed E-state index contributed by atoms with van der Waals surface area (Å²) in [6, 6.07) is 8.16. The van der Waals surface area contributed by atoms with Gasteiger partial charge in [-0.2, -0.15) is 0 Å². The highest BCUT2D eigenvalue weighted by atomic mass is 16.2. The minimum atomic E-state index is -0.0134. The zero-order chi connectivity index (χ0) is 14.5. The van der Waals surface area contributed by atoms with Crippen molar-refractivity contribution in [3.63, 3.8) is 0 Å². The van der Waals surface area contributed by atoms with Gasteiger partial charge in [0.2, 0.25) is 5.91 Å². The predicted molar refractivity (Wildman–Crippen MR) is 84.0 cm³/mol. The van der Waals surface area contributed by atoms with Crippen LogP contribution in [0.15, 0.2) is 24.3 Å². The number of anilines is 1. The zero-order valence-electron chi connectivity index (χ0n) is 12.9. The van der Waals surface area contributed by atoms with Crippen molar-refractivity contribution in [2.24, 2.45) is 5.92 Å². The molecule has 0 fully saturated rings. The molecule has 3 heteroatoms. The second-order valence-corrected chi connectivity index (χ2v) is 5.58. The van der Waals surface area contributed by atoms with Gasteiger partial charge in [0.1, 0.15) is 0 Å². The number of likely N-dealkylation sites (N-methyl/N-ethyl adjacent to an activating group) is 1. The monoisotopic (exact) mass is 274 g/mol. The van der Waals surface area contributed by atoms with Gasteiger partial charge in [-0.05, 0) is 24.5 Å². The van der Waals surface area contributed by atoms with E-state index in [0.29, 0.717) is 5.92 Å². The summed E-state index contributed by atoms with van der Waals surface area (Å²) in [6.45, 7) is 8.92. The van der Waals surface area contributed by atoms with Gasteiger partial charge in [0.15, 0.2) is 0 Å².